The van der Waals surface area contributed by atoms with Gasteiger partial charge in [0, 0.05) is 12.6 Å². The molecule has 98 valence electrons. The first-order chi connectivity index (χ1) is 8.49. The molecule has 2 unspecified atom stereocenters. The summed E-state index contributed by atoms with van der Waals surface area (Å²) in [4.78, 5) is 13.6. The molecule has 0 aliphatic carbocycles. The van der Waals surface area contributed by atoms with Gasteiger partial charge in [-0.25, -0.2) is 0 Å². The number of phenols is 1. The first-order valence-electron chi connectivity index (χ1n) is 5.90. The summed E-state index contributed by atoms with van der Waals surface area (Å²) in [6.07, 6.45) is 2.07. The van der Waals surface area contributed by atoms with Crippen molar-refractivity contribution in [2.45, 2.75) is 25.4 Å². The van der Waals surface area contributed by atoms with E-state index in [4.69, 9.17) is 5.73 Å². The SMILES string of the molecule is C=CCC(N)C(=O)N(C)C(C)c1ccccc1O. The molecule has 1 amide bonds. The van der Waals surface area contributed by atoms with Crippen molar-refractivity contribution in [3.8, 4) is 5.75 Å². The van der Waals surface area contributed by atoms with Crippen LogP contribution in [0, 0.1) is 0 Å². The third kappa shape index (κ3) is 3.11. The Balaban J connectivity index is 2.84. The minimum absolute atomic E-state index is 0.161. The number of rotatable bonds is 5. The molecule has 2 atom stereocenters. The van der Waals surface area contributed by atoms with E-state index in [0.29, 0.717) is 12.0 Å². The van der Waals surface area contributed by atoms with Gasteiger partial charge in [0.2, 0.25) is 5.91 Å². The lowest BCUT2D eigenvalue weighted by Gasteiger charge is -2.28. The van der Waals surface area contributed by atoms with Crippen LogP contribution in [-0.4, -0.2) is 29.0 Å². The van der Waals surface area contributed by atoms with Crippen LogP contribution in [0.1, 0.15) is 24.9 Å². The molecule has 0 spiro atoms. The summed E-state index contributed by atoms with van der Waals surface area (Å²) in [7, 11) is 1.68. The molecule has 1 aromatic carbocycles. The Morgan fingerprint density at radius 2 is 2.17 bits per heavy atom. The van der Waals surface area contributed by atoms with Crippen molar-refractivity contribution >= 4 is 5.91 Å². The molecule has 0 aliphatic rings. The normalized spacial score (nSPS) is 13.7. The number of phenolic OH excluding ortho intramolecular Hbond substituents is 1. The Labute approximate surface area is 108 Å². The van der Waals surface area contributed by atoms with Crippen LogP contribution in [0.4, 0.5) is 0 Å². The van der Waals surface area contributed by atoms with Crippen molar-refractivity contribution < 1.29 is 9.90 Å². The standard InChI is InChI=1S/C14H20N2O2/c1-4-7-12(15)14(18)16(3)10(2)11-8-5-6-9-13(11)17/h4-6,8-10,12,17H,1,7,15H2,2-3H3. The number of carbonyl (C=O) groups excluding carboxylic acids is 1. The first-order valence-corrected chi connectivity index (χ1v) is 5.90. The Hall–Kier alpha value is -1.81. The van der Waals surface area contributed by atoms with Gasteiger partial charge < -0.3 is 15.7 Å². The third-order valence-electron chi connectivity index (χ3n) is 3.05. The molecule has 0 aromatic heterocycles. The van der Waals surface area contributed by atoms with Gasteiger partial charge in [-0.3, -0.25) is 4.79 Å². The molecule has 4 heteroatoms. The molecule has 18 heavy (non-hydrogen) atoms. The van der Waals surface area contributed by atoms with E-state index >= 15 is 0 Å². The topological polar surface area (TPSA) is 66.6 Å². The fourth-order valence-corrected chi connectivity index (χ4v) is 1.78. The summed E-state index contributed by atoms with van der Waals surface area (Å²) in [5.41, 5.74) is 6.47. The van der Waals surface area contributed by atoms with Crippen LogP contribution in [0.5, 0.6) is 5.75 Å². The van der Waals surface area contributed by atoms with E-state index in [0.717, 1.165) is 0 Å². The van der Waals surface area contributed by atoms with Gasteiger partial charge in [0.15, 0.2) is 0 Å². The van der Waals surface area contributed by atoms with Crippen LogP contribution in [0.3, 0.4) is 0 Å². The number of benzene rings is 1. The summed E-state index contributed by atoms with van der Waals surface area (Å²) >= 11 is 0. The molecule has 4 nitrogen and oxygen atoms in total. The summed E-state index contributed by atoms with van der Waals surface area (Å²) < 4.78 is 0. The Bertz CT molecular complexity index is 432. The zero-order valence-corrected chi connectivity index (χ0v) is 10.8. The summed E-state index contributed by atoms with van der Waals surface area (Å²) in [6, 6.07) is 6.16. The molecule has 0 bridgehead atoms. The van der Waals surface area contributed by atoms with E-state index in [2.05, 4.69) is 6.58 Å². The fraction of sp³-hybridized carbons (Fsp3) is 0.357. The molecule has 0 aliphatic heterocycles. The average molecular weight is 248 g/mol. The number of amides is 1. The zero-order chi connectivity index (χ0) is 13.7. The molecular weight excluding hydrogens is 228 g/mol. The second kappa shape index (κ2) is 6.21. The summed E-state index contributed by atoms with van der Waals surface area (Å²) in [5, 5.41) is 9.77. The van der Waals surface area contributed by atoms with Crippen molar-refractivity contribution in [2.24, 2.45) is 5.73 Å². The average Bonchev–Trinajstić information content (AvgIpc) is 2.37. The van der Waals surface area contributed by atoms with Crippen LogP contribution in [-0.2, 0) is 4.79 Å². The van der Waals surface area contributed by atoms with Crippen LogP contribution >= 0.6 is 0 Å². The van der Waals surface area contributed by atoms with Crippen molar-refractivity contribution in [1.29, 1.82) is 0 Å². The smallest absolute Gasteiger partial charge is 0.240 e. The van der Waals surface area contributed by atoms with E-state index in [1.165, 1.54) is 0 Å². The van der Waals surface area contributed by atoms with Gasteiger partial charge in [0.05, 0.1) is 12.1 Å². The Morgan fingerprint density at radius 3 is 2.72 bits per heavy atom. The van der Waals surface area contributed by atoms with Crippen LogP contribution in [0.25, 0.3) is 0 Å². The number of nitrogens with zero attached hydrogens (tertiary/aromatic N) is 1. The second-order valence-corrected chi connectivity index (χ2v) is 4.31. The maximum absolute atomic E-state index is 12.0. The first kappa shape index (κ1) is 14.3. The highest BCUT2D eigenvalue weighted by Crippen LogP contribution is 2.27. The van der Waals surface area contributed by atoms with E-state index in [9.17, 15) is 9.90 Å². The maximum Gasteiger partial charge on any atom is 0.240 e. The zero-order valence-electron chi connectivity index (χ0n) is 10.8. The number of likely N-dealkylation sites (N-methyl/N-ethyl adjacent to an activating group) is 1. The fourth-order valence-electron chi connectivity index (χ4n) is 1.78. The number of hydrogen-bond donors (Lipinski definition) is 2. The van der Waals surface area contributed by atoms with Crippen LogP contribution < -0.4 is 5.73 Å². The predicted molar refractivity (Wildman–Crippen MR) is 72.1 cm³/mol. The van der Waals surface area contributed by atoms with E-state index in [-0.39, 0.29) is 17.7 Å². The minimum Gasteiger partial charge on any atom is -0.508 e. The second-order valence-electron chi connectivity index (χ2n) is 4.31. The highest BCUT2D eigenvalue weighted by molar-refractivity contribution is 5.82. The van der Waals surface area contributed by atoms with Gasteiger partial charge in [-0.2, -0.15) is 0 Å². The number of carbonyl (C=O) groups is 1. The molecule has 0 saturated heterocycles. The molecule has 0 radical (unpaired) electrons. The lowest BCUT2D eigenvalue weighted by Crippen LogP contribution is -2.42. The van der Waals surface area contributed by atoms with E-state index < -0.39 is 6.04 Å². The maximum atomic E-state index is 12.0. The van der Waals surface area contributed by atoms with Gasteiger partial charge in [0.1, 0.15) is 5.75 Å². The summed E-state index contributed by atoms with van der Waals surface area (Å²) in [6.45, 7) is 5.42. The van der Waals surface area contributed by atoms with Crippen LogP contribution in [0.2, 0.25) is 0 Å². The van der Waals surface area contributed by atoms with Gasteiger partial charge >= 0.3 is 0 Å². The number of hydrogen-bond acceptors (Lipinski definition) is 3. The van der Waals surface area contributed by atoms with Crippen molar-refractivity contribution in [3.63, 3.8) is 0 Å². The third-order valence-corrected chi connectivity index (χ3v) is 3.05. The molecule has 0 saturated carbocycles. The quantitative estimate of drug-likeness (QED) is 0.781. The highest BCUT2D eigenvalue weighted by Gasteiger charge is 2.23. The van der Waals surface area contributed by atoms with Crippen molar-refractivity contribution in [2.75, 3.05) is 7.05 Å². The molecule has 1 rings (SSSR count). The largest absolute Gasteiger partial charge is 0.508 e. The van der Waals surface area contributed by atoms with Gasteiger partial charge in [-0.15, -0.1) is 6.58 Å². The van der Waals surface area contributed by atoms with Crippen LogP contribution in [0.15, 0.2) is 36.9 Å². The van der Waals surface area contributed by atoms with Crippen molar-refractivity contribution in [3.05, 3.63) is 42.5 Å². The van der Waals surface area contributed by atoms with Gasteiger partial charge in [0.25, 0.3) is 0 Å². The number of nitrogens with two attached hydrogens (primary N) is 1. The molecule has 3 N–H and O–H groups in total. The van der Waals surface area contributed by atoms with Gasteiger partial charge in [-0.1, -0.05) is 24.3 Å². The molecule has 1 aromatic rings. The Kier molecular flexibility index (Phi) is 4.92. The van der Waals surface area contributed by atoms with E-state index in [1.54, 1.807) is 36.2 Å². The number of para-hydroxylation sites is 1. The Morgan fingerprint density at radius 1 is 1.56 bits per heavy atom. The highest BCUT2D eigenvalue weighted by atomic mass is 16.3. The predicted octanol–water partition coefficient (Wildman–Crippen LogP) is 1.81. The minimum atomic E-state index is -0.583. The van der Waals surface area contributed by atoms with E-state index in [1.807, 2.05) is 13.0 Å². The molecule has 0 fully saturated rings. The molecular formula is C14H20N2O2. The lowest BCUT2D eigenvalue weighted by atomic mass is 10.0. The lowest BCUT2D eigenvalue weighted by molar-refractivity contribution is -0.133. The number of aromatic hydroxyl groups is 1. The summed E-state index contributed by atoms with van der Waals surface area (Å²) in [5.74, 6) is 0.0209. The van der Waals surface area contributed by atoms with Crippen molar-refractivity contribution in [1.82, 2.24) is 4.90 Å². The van der Waals surface area contributed by atoms with Gasteiger partial charge in [-0.05, 0) is 19.4 Å². The molecule has 0 heterocycles. The monoisotopic (exact) mass is 248 g/mol.